The van der Waals surface area contributed by atoms with Crippen molar-refractivity contribution in [1.29, 1.82) is 0 Å². The second-order valence-electron chi connectivity index (χ2n) is 6.52. The maximum Gasteiger partial charge on any atom is 0.216 e. The molecule has 0 saturated carbocycles. The van der Waals surface area contributed by atoms with Gasteiger partial charge in [-0.1, -0.05) is 6.07 Å². The Morgan fingerprint density at radius 2 is 2.07 bits per heavy atom. The average Bonchev–Trinajstić information content (AvgIpc) is 2.67. The number of thioether (sulfide) groups is 1. The maximum absolute atomic E-state index is 10.8. The number of aliphatic hydroxyl groups is 1. The van der Waals surface area contributed by atoms with Crippen molar-refractivity contribution in [3.8, 4) is 11.5 Å². The van der Waals surface area contributed by atoms with Crippen LogP contribution in [0.15, 0.2) is 18.2 Å². The Balaban J connectivity index is 1.76. The smallest absolute Gasteiger partial charge is 0.216 e. The summed E-state index contributed by atoms with van der Waals surface area (Å²) in [7, 11) is 1.61. The fourth-order valence-corrected chi connectivity index (χ4v) is 3.80. The largest absolute Gasteiger partial charge is 0.493 e. The summed E-state index contributed by atoms with van der Waals surface area (Å²) in [5.74, 6) is 3.51. The molecule has 2 rings (SSSR count). The lowest BCUT2D eigenvalue weighted by Gasteiger charge is -2.28. The molecule has 1 atom stereocenters. The van der Waals surface area contributed by atoms with Crippen molar-refractivity contribution in [2.75, 3.05) is 57.9 Å². The van der Waals surface area contributed by atoms with E-state index >= 15 is 0 Å². The second kappa shape index (κ2) is 12.1. The van der Waals surface area contributed by atoms with E-state index in [0.29, 0.717) is 37.7 Å². The molecule has 0 unspecified atom stereocenters. The Morgan fingerprint density at radius 3 is 2.78 bits per heavy atom. The maximum atomic E-state index is 10.8. The molecule has 1 amide bonds. The molecular weight excluding hydrogens is 366 g/mol. The summed E-state index contributed by atoms with van der Waals surface area (Å²) in [6, 6.07) is 5.76. The summed E-state index contributed by atoms with van der Waals surface area (Å²) in [6.07, 6.45) is -0.520. The Bertz CT molecular complexity index is 582. The number of hydrogen-bond acceptors (Lipinski definition) is 7. The van der Waals surface area contributed by atoms with Crippen molar-refractivity contribution in [3.63, 3.8) is 0 Å². The van der Waals surface area contributed by atoms with Crippen molar-refractivity contribution in [3.05, 3.63) is 23.8 Å². The highest BCUT2D eigenvalue weighted by Gasteiger charge is 2.16. The molecule has 7 nitrogen and oxygen atoms in total. The Labute approximate surface area is 165 Å². The van der Waals surface area contributed by atoms with Gasteiger partial charge in [0.1, 0.15) is 12.7 Å². The number of methoxy groups -OCH3 is 1. The first kappa shape index (κ1) is 21.8. The molecule has 0 spiro atoms. The highest BCUT2D eigenvalue weighted by Crippen LogP contribution is 2.28. The van der Waals surface area contributed by atoms with E-state index < -0.39 is 6.10 Å². The van der Waals surface area contributed by atoms with Gasteiger partial charge in [-0.05, 0) is 17.7 Å². The van der Waals surface area contributed by atoms with E-state index in [-0.39, 0.29) is 12.5 Å². The molecule has 1 aromatic carbocycles. The van der Waals surface area contributed by atoms with Gasteiger partial charge in [0.25, 0.3) is 0 Å². The van der Waals surface area contributed by atoms with Gasteiger partial charge in [-0.2, -0.15) is 11.8 Å². The van der Waals surface area contributed by atoms with Crippen LogP contribution in [-0.2, 0) is 11.3 Å². The molecule has 3 N–H and O–H groups in total. The lowest BCUT2D eigenvalue weighted by molar-refractivity contribution is -0.118. The molecule has 27 heavy (non-hydrogen) atoms. The van der Waals surface area contributed by atoms with Crippen molar-refractivity contribution in [2.24, 2.45) is 0 Å². The third kappa shape index (κ3) is 8.38. The third-order valence-corrected chi connectivity index (χ3v) is 5.18. The summed E-state index contributed by atoms with van der Waals surface area (Å²) < 4.78 is 11.2. The van der Waals surface area contributed by atoms with Crippen LogP contribution in [0.1, 0.15) is 12.5 Å². The van der Waals surface area contributed by atoms with Gasteiger partial charge >= 0.3 is 0 Å². The van der Waals surface area contributed by atoms with Gasteiger partial charge in [0.05, 0.1) is 7.11 Å². The average molecular weight is 398 g/mol. The monoisotopic (exact) mass is 397 g/mol. The van der Waals surface area contributed by atoms with Crippen LogP contribution in [0, 0.1) is 0 Å². The Hall–Kier alpha value is -1.48. The number of ether oxygens (including phenoxy) is 2. The van der Waals surface area contributed by atoms with Crippen LogP contribution >= 0.6 is 11.8 Å². The summed E-state index contributed by atoms with van der Waals surface area (Å²) >= 11 is 1.96. The molecule has 1 aliphatic rings. The summed E-state index contributed by atoms with van der Waals surface area (Å²) in [6.45, 7) is 6.40. The van der Waals surface area contributed by atoms with Crippen LogP contribution in [0.3, 0.4) is 0 Å². The van der Waals surface area contributed by atoms with Crippen molar-refractivity contribution < 1.29 is 19.4 Å². The zero-order valence-corrected chi connectivity index (χ0v) is 17.0. The van der Waals surface area contributed by atoms with Crippen LogP contribution in [0.5, 0.6) is 11.5 Å². The molecule has 1 heterocycles. The van der Waals surface area contributed by atoms with Crippen LogP contribution in [0.25, 0.3) is 0 Å². The van der Waals surface area contributed by atoms with E-state index in [2.05, 4.69) is 15.5 Å². The summed E-state index contributed by atoms with van der Waals surface area (Å²) in [4.78, 5) is 13.1. The van der Waals surface area contributed by atoms with Gasteiger partial charge in [0.15, 0.2) is 11.5 Å². The number of hydrogen-bond donors (Lipinski definition) is 3. The first-order valence-corrected chi connectivity index (χ1v) is 10.5. The SMILES string of the molecule is COc1cc(CNCCNC(C)=O)ccc1OC[C@@H](O)CN1CCSCC1. The minimum Gasteiger partial charge on any atom is -0.493 e. The number of nitrogens with one attached hydrogen (secondary N) is 2. The van der Waals surface area contributed by atoms with Crippen LogP contribution in [0.2, 0.25) is 0 Å². The van der Waals surface area contributed by atoms with Crippen molar-refractivity contribution in [2.45, 2.75) is 19.6 Å². The lowest BCUT2D eigenvalue weighted by Crippen LogP contribution is -2.40. The number of rotatable bonds is 11. The topological polar surface area (TPSA) is 83.1 Å². The van der Waals surface area contributed by atoms with Gasteiger partial charge in [-0.3, -0.25) is 9.69 Å². The number of aliphatic hydroxyl groups excluding tert-OH is 1. The number of nitrogens with zero attached hydrogens (tertiary/aromatic N) is 1. The van der Waals surface area contributed by atoms with E-state index in [9.17, 15) is 9.90 Å². The first-order chi connectivity index (χ1) is 13.1. The standard InChI is InChI=1S/C19H31N3O4S/c1-15(23)21-6-5-20-12-16-3-4-18(19(11-16)25-2)26-14-17(24)13-22-7-9-27-10-8-22/h3-4,11,17,20,24H,5-10,12-14H2,1-2H3,(H,21,23)/t17-/m0/s1. The predicted molar refractivity (Wildman–Crippen MR) is 109 cm³/mol. The molecule has 152 valence electrons. The molecule has 0 radical (unpaired) electrons. The predicted octanol–water partition coefficient (Wildman–Crippen LogP) is 0.709. The fourth-order valence-electron chi connectivity index (χ4n) is 2.82. The van der Waals surface area contributed by atoms with Gasteiger partial charge in [0, 0.05) is 57.7 Å². The number of carbonyl (C=O) groups is 1. The molecule has 8 heteroatoms. The fraction of sp³-hybridized carbons (Fsp3) is 0.632. The second-order valence-corrected chi connectivity index (χ2v) is 7.75. The molecule has 1 aliphatic heterocycles. The lowest BCUT2D eigenvalue weighted by atomic mass is 10.2. The van der Waals surface area contributed by atoms with Crippen molar-refractivity contribution in [1.82, 2.24) is 15.5 Å². The molecule has 0 bridgehead atoms. The Kier molecular flexibility index (Phi) is 9.75. The summed E-state index contributed by atoms with van der Waals surface area (Å²) in [5.41, 5.74) is 1.06. The van der Waals surface area contributed by atoms with Crippen LogP contribution in [-0.4, -0.2) is 80.0 Å². The zero-order chi connectivity index (χ0) is 19.5. The molecular formula is C19H31N3O4S. The highest BCUT2D eigenvalue weighted by atomic mass is 32.2. The van der Waals surface area contributed by atoms with Crippen molar-refractivity contribution >= 4 is 17.7 Å². The van der Waals surface area contributed by atoms with Gasteiger partial charge in [-0.15, -0.1) is 0 Å². The number of β-amino-alcohol motifs (C(OH)–C–C–N with tert-alkyl or cyclic N) is 1. The van der Waals surface area contributed by atoms with Gasteiger partial charge in [-0.25, -0.2) is 0 Å². The van der Waals surface area contributed by atoms with Crippen LogP contribution < -0.4 is 20.1 Å². The van der Waals surface area contributed by atoms with Crippen LogP contribution in [0.4, 0.5) is 0 Å². The molecule has 1 saturated heterocycles. The number of carbonyl (C=O) groups excluding carboxylic acids is 1. The molecule has 1 aromatic rings. The Morgan fingerprint density at radius 1 is 1.30 bits per heavy atom. The molecule has 0 aliphatic carbocycles. The molecule has 1 fully saturated rings. The minimum absolute atomic E-state index is 0.0265. The quantitative estimate of drug-likeness (QED) is 0.474. The van der Waals surface area contributed by atoms with Gasteiger partial charge < -0.3 is 25.2 Å². The number of amides is 1. The third-order valence-electron chi connectivity index (χ3n) is 4.24. The van der Waals surface area contributed by atoms with E-state index in [0.717, 1.165) is 30.2 Å². The van der Waals surface area contributed by atoms with Gasteiger partial charge in [0.2, 0.25) is 5.91 Å². The summed E-state index contributed by atoms with van der Waals surface area (Å²) in [5, 5.41) is 16.2. The van der Waals surface area contributed by atoms with E-state index in [1.165, 1.54) is 6.92 Å². The van der Waals surface area contributed by atoms with E-state index in [4.69, 9.17) is 9.47 Å². The normalized spacial score (nSPS) is 16.0. The van der Waals surface area contributed by atoms with E-state index in [1.807, 2.05) is 30.0 Å². The highest BCUT2D eigenvalue weighted by molar-refractivity contribution is 7.99. The van der Waals surface area contributed by atoms with E-state index in [1.54, 1.807) is 7.11 Å². The minimum atomic E-state index is -0.520. The first-order valence-electron chi connectivity index (χ1n) is 9.31. The number of benzene rings is 1. The molecule has 0 aromatic heterocycles. The zero-order valence-electron chi connectivity index (χ0n) is 16.2.